The molecule has 0 amide bonds. The lowest BCUT2D eigenvalue weighted by atomic mass is 10.3. The highest BCUT2D eigenvalue weighted by molar-refractivity contribution is 7.89. The van der Waals surface area contributed by atoms with Crippen LogP contribution in [0.4, 0.5) is 0 Å². The molecule has 0 N–H and O–H groups in total. The smallest absolute Gasteiger partial charge is 0.246 e. The van der Waals surface area contributed by atoms with E-state index in [1.54, 1.807) is 24.4 Å². The number of ether oxygens (including phenoxy) is 1. The molecule has 0 radical (unpaired) electrons. The Balaban J connectivity index is 2.25. The highest BCUT2D eigenvalue weighted by Gasteiger charge is 2.21. The number of hydrogen-bond donors (Lipinski definition) is 0. The van der Waals surface area contributed by atoms with Crippen LogP contribution in [-0.2, 0) is 16.6 Å². The molecule has 0 aliphatic rings. The second-order valence-corrected chi connectivity index (χ2v) is 6.46. The SMILES string of the molecule is CN(C)S(=O)(=O)c1ccccc1OCc1ccccn1. The molecule has 2 rings (SSSR count). The van der Waals surface area contributed by atoms with Crippen molar-refractivity contribution in [3.63, 3.8) is 0 Å². The molecule has 1 heterocycles. The number of nitrogens with zero attached hydrogens (tertiary/aromatic N) is 2. The number of sulfonamides is 1. The fourth-order valence-corrected chi connectivity index (χ4v) is 2.64. The highest BCUT2D eigenvalue weighted by atomic mass is 32.2. The van der Waals surface area contributed by atoms with Crippen molar-refractivity contribution >= 4 is 10.0 Å². The third-order valence-electron chi connectivity index (χ3n) is 2.71. The van der Waals surface area contributed by atoms with Crippen LogP contribution in [0.3, 0.4) is 0 Å². The maximum atomic E-state index is 12.2. The van der Waals surface area contributed by atoms with Crippen molar-refractivity contribution in [1.29, 1.82) is 0 Å². The van der Waals surface area contributed by atoms with Crippen LogP contribution in [0, 0.1) is 0 Å². The average molecular weight is 292 g/mol. The maximum absolute atomic E-state index is 12.2. The number of pyridine rings is 1. The van der Waals surface area contributed by atoms with E-state index in [0.717, 1.165) is 10.00 Å². The molecule has 5 nitrogen and oxygen atoms in total. The number of hydrogen-bond acceptors (Lipinski definition) is 4. The Bertz CT molecular complexity index is 670. The summed E-state index contributed by atoms with van der Waals surface area (Å²) in [6.45, 7) is 0.223. The molecular weight excluding hydrogens is 276 g/mol. The minimum absolute atomic E-state index is 0.154. The summed E-state index contributed by atoms with van der Waals surface area (Å²) in [5, 5.41) is 0. The molecule has 6 heteroatoms. The molecule has 0 atom stereocenters. The molecule has 0 saturated heterocycles. The van der Waals surface area contributed by atoms with Crippen molar-refractivity contribution in [3.8, 4) is 5.75 Å². The third kappa shape index (κ3) is 3.15. The first-order valence-electron chi connectivity index (χ1n) is 6.06. The first-order chi connectivity index (χ1) is 9.51. The van der Waals surface area contributed by atoms with Gasteiger partial charge in [-0.05, 0) is 24.3 Å². The van der Waals surface area contributed by atoms with Crippen molar-refractivity contribution < 1.29 is 13.2 Å². The minimum Gasteiger partial charge on any atom is -0.486 e. The number of rotatable bonds is 5. The summed E-state index contributed by atoms with van der Waals surface area (Å²) in [6.07, 6.45) is 1.67. The normalized spacial score (nSPS) is 11.6. The predicted octanol–water partition coefficient (Wildman–Crippen LogP) is 1.91. The number of benzene rings is 1. The van der Waals surface area contributed by atoms with Gasteiger partial charge in [0.2, 0.25) is 10.0 Å². The average Bonchev–Trinajstić information content (AvgIpc) is 2.46. The fourth-order valence-electron chi connectivity index (χ4n) is 1.61. The van der Waals surface area contributed by atoms with Crippen molar-refractivity contribution in [2.24, 2.45) is 0 Å². The molecule has 2 aromatic rings. The van der Waals surface area contributed by atoms with Gasteiger partial charge in [0.15, 0.2) is 0 Å². The van der Waals surface area contributed by atoms with Gasteiger partial charge < -0.3 is 4.74 Å². The van der Waals surface area contributed by atoms with Gasteiger partial charge in [-0.2, -0.15) is 0 Å². The first-order valence-corrected chi connectivity index (χ1v) is 7.50. The van der Waals surface area contributed by atoms with E-state index in [2.05, 4.69) is 4.98 Å². The van der Waals surface area contributed by atoms with Crippen LogP contribution in [0.1, 0.15) is 5.69 Å². The minimum atomic E-state index is -3.52. The monoisotopic (exact) mass is 292 g/mol. The van der Waals surface area contributed by atoms with Gasteiger partial charge in [-0.15, -0.1) is 0 Å². The van der Waals surface area contributed by atoms with E-state index >= 15 is 0 Å². The van der Waals surface area contributed by atoms with Crippen LogP contribution in [0.5, 0.6) is 5.75 Å². The van der Waals surface area contributed by atoms with Crippen LogP contribution in [0.15, 0.2) is 53.6 Å². The second kappa shape index (κ2) is 6.02. The van der Waals surface area contributed by atoms with E-state index in [0.29, 0.717) is 5.75 Å². The Labute approximate surface area is 118 Å². The van der Waals surface area contributed by atoms with Crippen molar-refractivity contribution in [2.75, 3.05) is 14.1 Å². The zero-order valence-corrected chi connectivity index (χ0v) is 12.2. The zero-order chi connectivity index (χ0) is 14.6. The lowest BCUT2D eigenvalue weighted by Gasteiger charge is -2.15. The Morgan fingerprint density at radius 2 is 1.80 bits per heavy atom. The Kier molecular flexibility index (Phi) is 4.36. The topological polar surface area (TPSA) is 59.5 Å². The zero-order valence-electron chi connectivity index (χ0n) is 11.4. The van der Waals surface area contributed by atoms with E-state index in [4.69, 9.17) is 4.74 Å². The predicted molar refractivity (Wildman–Crippen MR) is 75.9 cm³/mol. The van der Waals surface area contributed by atoms with Crippen molar-refractivity contribution in [3.05, 3.63) is 54.4 Å². The highest BCUT2D eigenvalue weighted by Crippen LogP contribution is 2.25. The van der Waals surface area contributed by atoms with Gasteiger partial charge in [0.1, 0.15) is 17.3 Å². The van der Waals surface area contributed by atoms with Crippen molar-refractivity contribution in [2.45, 2.75) is 11.5 Å². The molecule has 106 valence electrons. The molecule has 0 aliphatic carbocycles. The Morgan fingerprint density at radius 3 is 2.45 bits per heavy atom. The van der Waals surface area contributed by atoms with Gasteiger partial charge in [-0.3, -0.25) is 4.98 Å². The van der Waals surface area contributed by atoms with Crippen LogP contribution in [-0.4, -0.2) is 31.8 Å². The second-order valence-electron chi connectivity index (χ2n) is 4.34. The summed E-state index contributed by atoms with van der Waals surface area (Å²) in [5.41, 5.74) is 0.740. The van der Waals surface area contributed by atoms with E-state index < -0.39 is 10.0 Å². The molecular formula is C14H16N2O3S. The van der Waals surface area contributed by atoms with Crippen LogP contribution in [0.25, 0.3) is 0 Å². The molecule has 0 aliphatic heterocycles. The largest absolute Gasteiger partial charge is 0.486 e. The molecule has 0 unspecified atom stereocenters. The van der Waals surface area contributed by atoms with Crippen molar-refractivity contribution in [1.82, 2.24) is 9.29 Å². The molecule has 0 fully saturated rings. The summed E-state index contributed by atoms with van der Waals surface area (Å²) in [7, 11) is -0.542. The molecule has 0 saturated carbocycles. The summed E-state index contributed by atoms with van der Waals surface area (Å²) in [6, 6.07) is 12.1. The lowest BCUT2D eigenvalue weighted by Crippen LogP contribution is -2.22. The molecule has 0 spiro atoms. The molecule has 0 bridgehead atoms. The van der Waals surface area contributed by atoms with Crippen LogP contribution in [0.2, 0.25) is 0 Å². The molecule has 1 aromatic carbocycles. The summed E-state index contributed by atoms with van der Waals surface area (Å²) < 4.78 is 31.1. The number of aromatic nitrogens is 1. The van der Waals surface area contributed by atoms with Crippen LogP contribution >= 0.6 is 0 Å². The van der Waals surface area contributed by atoms with E-state index in [1.807, 2.05) is 18.2 Å². The Morgan fingerprint density at radius 1 is 1.10 bits per heavy atom. The number of para-hydroxylation sites is 1. The van der Waals surface area contributed by atoms with Gasteiger partial charge in [0.05, 0.1) is 5.69 Å². The third-order valence-corrected chi connectivity index (χ3v) is 4.56. The quantitative estimate of drug-likeness (QED) is 0.844. The van der Waals surface area contributed by atoms with E-state index in [1.165, 1.54) is 20.2 Å². The van der Waals surface area contributed by atoms with Crippen LogP contribution < -0.4 is 4.74 Å². The summed E-state index contributed by atoms with van der Waals surface area (Å²) >= 11 is 0. The van der Waals surface area contributed by atoms with E-state index in [9.17, 15) is 8.42 Å². The summed E-state index contributed by atoms with van der Waals surface area (Å²) in [5.74, 6) is 0.326. The fraction of sp³-hybridized carbons (Fsp3) is 0.214. The Hall–Kier alpha value is -1.92. The maximum Gasteiger partial charge on any atom is 0.246 e. The van der Waals surface area contributed by atoms with Gasteiger partial charge in [-0.1, -0.05) is 18.2 Å². The van der Waals surface area contributed by atoms with Gasteiger partial charge in [0, 0.05) is 20.3 Å². The summed E-state index contributed by atoms with van der Waals surface area (Å²) in [4.78, 5) is 4.29. The van der Waals surface area contributed by atoms with Gasteiger partial charge in [-0.25, -0.2) is 12.7 Å². The van der Waals surface area contributed by atoms with Gasteiger partial charge >= 0.3 is 0 Å². The standard InChI is InChI=1S/C14H16N2O3S/c1-16(2)20(17,18)14-9-4-3-8-13(14)19-11-12-7-5-6-10-15-12/h3-10H,11H2,1-2H3. The molecule has 20 heavy (non-hydrogen) atoms. The van der Waals surface area contributed by atoms with E-state index in [-0.39, 0.29) is 11.5 Å². The van der Waals surface area contributed by atoms with Gasteiger partial charge in [0.25, 0.3) is 0 Å². The lowest BCUT2D eigenvalue weighted by molar-refractivity contribution is 0.292. The first kappa shape index (κ1) is 14.5. The molecule has 1 aromatic heterocycles.